The molecule has 0 unspecified atom stereocenters. The molecule has 0 fully saturated rings. The monoisotopic (exact) mass is 346 g/mol. The predicted octanol–water partition coefficient (Wildman–Crippen LogP) is 1.91. The van der Waals surface area contributed by atoms with E-state index in [0.717, 1.165) is 6.07 Å². The summed E-state index contributed by atoms with van der Waals surface area (Å²) < 4.78 is 67.0. The summed E-state index contributed by atoms with van der Waals surface area (Å²) >= 11 is 5.81. The Kier molecular flexibility index (Phi) is 5.85. The van der Waals surface area contributed by atoms with E-state index in [2.05, 4.69) is 5.32 Å². The highest BCUT2D eigenvalue weighted by molar-refractivity contribution is 7.89. The minimum absolute atomic E-state index is 0.0524. The van der Waals surface area contributed by atoms with Gasteiger partial charge in [-0.15, -0.1) is 0 Å². The average molecular weight is 347 g/mol. The number of alkyl halides is 3. The smallest absolute Gasteiger partial charge is 0.402 e. The maximum atomic E-state index is 12.2. The van der Waals surface area contributed by atoms with E-state index in [1.807, 2.05) is 0 Å². The van der Waals surface area contributed by atoms with E-state index in [4.69, 9.17) is 16.3 Å². The van der Waals surface area contributed by atoms with Crippen molar-refractivity contribution in [3.8, 4) is 5.75 Å². The van der Waals surface area contributed by atoms with Crippen LogP contribution in [0.5, 0.6) is 5.75 Å². The first kappa shape index (κ1) is 18.0. The Hall–Kier alpha value is -1.03. The lowest BCUT2D eigenvalue weighted by molar-refractivity contribution is -0.121. The molecule has 0 saturated heterocycles. The molecule has 1 rings (SSSR count). The van der Waals surface area contributed by atoms with Crippen LogP contribution in [0, 0.1) is 0 Å². The van der Waals surface area contributed by atoms with Crippen LogP contribution in [0.2, 0.25) is 5.02 Å². The van der Waals surface area contributed by atoms with Gasteiger partial charge in [0.2, 0.25) is 10.0 Å². The zero-order chi connectivity index (χ0) is 16.3. The molecule has 0 aliphatic carbocycles. The van der Waals surface area contributed by atoms with Gasteiger partial charge < -0.3 is 10.1 Å². The van der Waals surface area contributed by atoms with Gasteiger partial charge >= 0.3 is 6.18 Å². The van der Waals surface area contributed by atoms with Gasteiger partial charge in [-0.25, -0.2) is 13.1 Å². The van der Waals surface area contributed by atoms with Crippen LogP contribution in [0.4, 0.5) is 13.2 Å². The fourth-order valence-corrected chi connectivity index (χ4v) is 3.19. The summed E-state index contributed by atoms with van der Waals surface area (Å²) in [5.41, 5.74) is 0.417. The molecular formula is C11H14ClF3N2O3S. The van der Waals surface area contributed by atoms with Crippen LogP contribution < -0.4 is 14.8 Å². The van der Waals surface area contributed by atoms with Gasteiger partial charge in [0.25, 0.3) is 0 Å². The zero-order valence-corrected chi connectivity index (χ0v) is 12.8. The summed E-state index contributed by atoms with van der Waals surface area (Å²) in [5.74, 6) is -0.0524. The van der Waals surface area contributed by atoms with Crippen molar-refractivity contribution in [2.45, 2.75) is 17.6 Å². The first-order valence-corrected chi connectivity index (χ1v) is 7.54. The summed E-state index contributed by atoms with van der Waals surface area (Å²) in [5, 5.41) is 2.86. The molecule has 120 valence electrons. The van der Waals surface area contributed by atoms with Crippen LogP contribution in [0.15, 0.2) is 17.0 Å². The number of nitrogens with one attached hydrogen (secondary N) is 2. The second-order valence-corrected chi connectivity index (χ2v) is 6.24. The van der Waals surface area contributed by atoms with Gasteiger partial charge in [-0.2, -0.15) is 13.2 Å². The Balaban J connectivity index is 3.27. The van der Waals surface area contributed by atoms with Crippen molar-refractivity contribution in [3.63, 3.8) is 0 Å². The summed E-state index contributed by atoms with van der Waals surface area (Å²) in [6.45, 7) is -1.43. The number of methoxy groups -OCH3 is 1. The Morgan fingerprint density at radius 2 is 1.95 bits per heavy atom. The molecular weight excluding hydrogens is 333 g/mol. The first-order valence-electron chi connectivity index (χ1n) is 5.68. The van der Waals surface area contributed by atoms with E-state index in [-0.39, 0.29) is 17.3 Å². The molecule has 10 heteroatoms. The number of hydrogen-bond donors (Lipinski definition) is 2. The molecule has 1 aromatic carbocycles. The quantitative estimate of drug-likeness (QED) is 0.825. The molecule has 0 atom stereocenters. The van der Waals surface area contributed by atoms with Gasteiger partial charge in [0.05, 0.1) is 7.11 Å². The van der Waals surface area contributed by atoms with Gasteiger partial charge in [-0.05, 0) is 19.2 Å². The fourth-order valence-electron chi connectivity index (χ4n) is 1.63. The molecule has 0 amide bonds. The molecule has 2 N–H and O–H groups in total. The molecule has 0 radical (unpaired) electrons. The normalized spacial score (nSPS) is 12.5. The zero-order valence-electron chi connectivity index (χ0n) is 11.2. The molecule has 1 aromatic rings. The van der Waals surface area contributed by atoms with Gasteiger partial charge in [-0.3, -0.25) is 0 Å². The molecule has 0 saturated carbocycles. The van der Waals surface area contributed by atoms with E-state index < -0.39 is 27.6 Å². The van der Waals surface area contributed by atoms with Crippen LogP contribution in [-0.4, -0.2) is 35.3 Å². The van der Waals surface area contributed by atoms with Crippen molar-refractivity contribution in [1.29, 1.82) is 0 Å². The Morgan fingerprint density at radius 3 is 2.43 bits per heavy atom. The van der Waals surface area contributed by atoms with Crippen molar-refractivity contribution in [2.75, 3.05) is 20.7 Å². The Labute approximate surface area is 125 Å². The summed E-state index contributed by atoms with van der Waals surface area (Å²) in [4.78, 5) is -0.438. The standard InChI is InChI=1S/C11H14ClF3N2O3S/c1-16-5-7-3-8(12)4-9(10(7)20-2)21(18,19)17-6-11(13,14)15/h3-4,16-17H,5-6H2,1-2H3. The molecule has 21 heavy (non-hydrogen) atoms. The number of halogens is 4. The van der Waals surface area contributed by atoms with Crippen LogP contribution in [0.25, 0.3) is 0 Å². The van der Waals surface area contributed by atoms with E-state index in [1.165, 1.54) is 17.9 Å². The Bertz CT molecular complexity index is 605. The lowest BCUT2D eigenvalue weighted by Crippen LogP contribution is -2.34. The lowest BCUT2D eigenvalue weighted by atomic mass is 10.2. The molecule has 0 spiro atoms. The molecule has 0 aliphatic rings. The van der Waals surface area contributed by atoms with Crippen LogP contribution in [0.1, 0.15) is 5.56 Å². The van der Waals surface area contributed by atoms with E-state index in [9.17, 15) is 21.6 Å². The maximum absolute atomic E-state index is 12.2. The largest absolute Gasteiger partial charge is 0.495 e. The molecule has 0 bridgehead atoms. The third kappa shape index (κ3) is 5.03. The van der Waals surface area contributed by atoms with Crippen LogP contribution in [0.3, 0.4) is 0 Å². The van der Waals surface area contributed by atoms with Crippen LogP contribution in [-0.2, 0) is 16.6 Å². The third-order valence-corrected chi connectivity index (χ3v) is 4.04. The highest BCUT2D eigenvalue weighted by atomic mass is 35.5. The molecule has 0 aliphatic heterocycles. The molecule has 5 nitrogen and oxygen atoms in total. The Morgan fingerprint density at radius 1 is 1.33 bits per heavy atom. The SMILES string of the molecule is CNCc1cc(Cl)cc(S(=O)(=O)NCC(F)(F)F)c1OC. The van der Waals surface area contributed by atoms with Gasteiger partial charge in [0.15, 0.2) is 0 Å². The lowest BCUT2D eigenvalue weighted by Gasteiger charge is -2.15. The second kappa shape index (κ2) is 6.82. The van der Waals surface area contributed by atoms with Crippen LogP contribution >= 0.6 is 11.6 Å². The first-order chi connectivity index (χ1) is 9.60. The van der Waals surface area contributed by atoms with E-state index in [0.29, 0.717) is 5.56 Å². The second-order valence-electron chi connectivity index (χ2n) is 4.07. The van der Waals surface area contributed by atoms with Gasteiger partial charge in [-0.1, -0.05) is 11.6 Å². The third-order valence-electron chi connectivity index (χ3n) is 2.42. The highest BCUT2D eigenvalue weighted by Crippen LogP contribution is 2.32. The molecule has 0 aromatic heterocycles. The molecule has 0 heterocycles. The van der Waals surface area contributed by atoms with Crippen molar-refractivity contribution < 1.29 is 26.3 Å². The predicted molar refractivity (Wildman–Crippen MR) is 72.0 cm³/mol. The summed E-state index contributed by atoms with van der Waals surface area (Å²) in [6, 6.07) is 2.51. The van der Waals surface area contributed by atoms with Gasteiger partial charge in [0, 0.05) is 17.1 Å². The number of benzene rings is 1. The summed E-state index contributed by atoms with van der Waals surface area (Å²) in [7, 11) is -1.56. The number of hydrogen-bond acceptors (Lipinski definition) is 4. The highest BCUT2D eigenvalue weighted by Gasteiger charge is 2.31. The van der Waals surface area contributed by atoms with Crippen molar-refractivity contribution >= 4 is 21.6 Å². The minimum atomic E-state index is -4.66. The number of ether oxygens (including phenoxy) is 1. The average Bonchev–Trinajstić information content (AvgIpc) is 2.35. The fraction of sp³-hybridized carbons (Fsp3) is 0.455. The van der Waals surface area contributed by atoms with Gasteiger partial charge in [0.1, 0.15) is 17.2 Å². The van der Waals surface area contributed by atoms with Crippen molar-refractivity contribution in [3.05, 3.63) is 22.7 Å². The number of rotatable bonds is 6. The minimum Gasteiger partial charge on any atom is -0.495 e. The van der Waals surface area contributed by atoms with E-state index in [1.54, 1.807) is 7.05 Å². The van der Waals surface area contributed by atoms with Crippen molar-refractivity contribution in [1.82, 2.24) is 10.0 Å². The number of sulfonamides is 1. The topological polar surface area (TPSA) is 67.4 Å². The van der Waals surface area contributed by atoms with Crippen molar-refractivity contribution in [2.24, 2.45) is 0 Å². The van der Waals surface area contributed by atoms with E-state index >= 15 is 0 Å². The maximum Gasteiger partial charge on any atom is 0.402 e. The summed E-state index contributed by atoms with van der Waals surface area (Å²) in [6.07, 6.45) is -4.66.